The number of benzene rings is 2. The average Bonchev–Trinajstić information content (AvgIpc) is 2.54. The SMILES string of the molecule is COc1cccc(CC(N)C2COc3ccccc3O2)c1. The summed E-state index contributed by atoms with van der Waals surface area (Å²) < 4.78 is 16.9. The van der Waals surface area contributed by atoms with E-state index in [0.717, 1.165) is 22.8 Å². The first kappa shape index (κ1) is 13.8. The topological polar surface area (TPSA) is 53.7 Å². The number of rotatable bonds is 4. The van der Waals surface area contributed by atoms with Crippen LogP contribution in [-0.4, -0.2) is 25.9 Å². The molecule has 2 aromatic carbocycles. The molecular formula is C17H19NO3. The van der Waals surface area contributed by atoms with E-state index in [-0.39, 0.29) is 12.1 Å². The lowest BCUT2D eigenvalue weighted by Crippen LogP contribution is -2.46. The molecule has 0 radical (unpaired) electrons. The number of hydrogen-bond acceptors (Lipinski definition) is 4. The van der Waals surface area contributed by atoms with Gasteiger partial charge in [-0.15, -0.1) is 0 Å². The van der Waals surface area contributed by atoms with Crippen LogP contribution in [0.5, 0.6) is 17.2 Å². The van der Waals surface area contributed by atoms with Crippen molar-refractivity contribution in [1.82, 2.24) is 0 Å². The molecule has 1 heterocycles. The minimum atomic E-state index is -0.147. The highest BCUT2D eigenvalue weighted by molar-refractivity contribution is 5.41. The van der Waals surface area contributed by atoms with Crippen molar-refractivity contribution in [3.63, 3.8) is 0 Å². The van der Waals surface area contributed by atoms with Crippen molar-refractivity contribution in [2.75, 3.05) is 13.7 Å². The largest absolute Gasteiger partial charge is 0.497 e. The summed E-state index contributed by atoms with van der Waals surface area (Å²) in [4.78, 5) is 0. The molecule has 1 aliphatic heterocycles. The predicted octanol–water partition coefficient (Wildman–Crippen LogP) is 2.41. The summed E-state index contributed by atoms with van der Waals surface area (Å²) in [7, 11) is 1.66. The van der Waals surface area contributed by atoms with Gasteiger partial charge in [-0.2, -0.15) is 0 Å². The zero-order valence-electron chi connectivity index (χ0n) is 12.0. The van der Waals surface area contributed by atoms with Gasteiger partial charge in [-0.3, -0.25) is 0 Å². The third-order valence-electron chi connectivity index (χ3n) is 3.61. The molecule has 0 spiro atoms. The minimum absolute atomic E-state index is 0.134. The number of nitrogens with two attached hydrogens (primary N) is 1. The fourth-order valence-electron chi connectivity index (χ4n) is 2.45. The molecule has 4 heteroatoms. The molecule has 0 aliphatic carbocycles. The lowest BCUT2D eigenvalue weighted by Gasteiger charge is -2.30. The standard InChI is InChI=1S/C17H19NO3/c1-19-13-6-4-5-12(9-13)10-14(18)17-11-20-15-7-2-3-8-16(15)21-17/h2-9,14,17H,10-11,18H2,1H3. The Kier molecular flexibility index (Phi) is 3.97. The van der Waals surface area contributed by atoms with Crippen molar-refractivity contribution in [2.24, 2.45) is 5.73 Å². The maximum atomic E-state index is 6.28. The molecule has 0 amide bonds. The first-order valence-corrected chi connectivity index (χ1v) is 7.03. The van der Waals surface area contributed by atoms with Crippen molar-refractivity contribution < 1.29 is 14.2 Å². The molecule has 0 fully saturated rings. The van der Waals surface area contributed by atoms with Crippen molar-refractivity contribution in [1.29, 1.82) is 0 Å². The van der Waals surface area contributed by atoms with Gasteiger partial charge in [0.2, 0.25) is 0 Å². The highest BCUT2D eigenvalue weighted by Crippen LogP contribution is 2.31. The van der Waals surface area contributed by atoms with Crippen LogP contribution in [0.3, 0.4) is 0 Å². The van der Waals surface area contributed by atoms with Gasteiger partial charge in [0, 0.05) is 6.04 Å². The molecule has 0 saturated carbocycles. The Balaban J connectivity index is 1.67. The van der Waals surface area contributed by atoms with Crippen LogP contribution in [0.25, 0.3) is 0 Å². The number of methoxy groups -OCH3 is 1. The third-order valence-corrected chi connectivity index (χ3v) is 3.61. The predicted molar refractivity (Wildman–Crippen MR) is 81.0 cm³/mol. The molecule has 0 aromatic heterocycles. The average molecular weight is 285 g/mol. The Morgan fingerprint density at radius 1 is 1.19 bits per heavy atom. The van der Waals surface area contributed by atoms with Gasteiger partial charge in [0.25, 0.3) is 0 Å². The van der Waals surface area contributed by atoms with Gasteiger partial charge in [0.05, 0.1) is 7.11 Å². The zero-order chi connectivity index (χ0) is 14.7. The van der Waals surface area contributed by atoms with E-state index in [2.05, 4.69) is 0 Å². The number of fused-ring (bicyclic) bond motifs is 1. The fourth-order valence-corrected chi connectivity index (χ4v) is 2.45. The van der Waals surface area contributed by atoms with Crippen LogP contribution < -0.4 is 19.9 Å². The van der Waals surface area contributed by atoms with Gasteiger partial charge in [0.15, 0.2) is 11.5 Å². The number of para-hydroxylation sites is 2. The summed E-state index contributed by atoms with van der Waals surface area (Å²) in [6, 6.07) is 15.5. The molecule has 21 heavy (non-hydrogen) atoms. The van der Waals surface area contributed by atoms with Crippen LogP contribution in [0, 0.1) is 0 Å². The summed E-state index contributed by atoms with van der Waals surface area (Å²) in [5.41, 5.74) is 7.41. The highest BCUT2D eigenvalue weighted by Gasteiger charge is 2.26. The zero-order valence-corrected chi connectivity index (χ0v) is 12.0. The third kappa shape index (κ3) is 3.11. The van der Waals surface area contributed by atoms with Gasteiger partial charge >= 0.3 is 0 Å². The van der Waals surface area contributed by atoms with Crippen molar-refractivity contribution in [3.8, 4) is 17.2 Å². The molecule has 4 nitrogen and oxygen atoms in total. The van der Waals surface area contributed by atoms with E-state index < -0.39 is 0 Å². The first-order valence-electron chi connectivity index (χ1n) is 7.03. The van der Waals surface area contributed by atoms with Crippen molar-refractivity contribution >= 4 is 0 Å². The summed E-state index contributed by atoms with van der Waals surface area (Å²) >= 11 is 0. The van der Waals surface area contributed by atoms with E-state index in [1.807, 2.05) is 48.5 Å². The normalized spacial score (nSPS) is 18.1. The summed E-state index contributed by atoms with van der Waals surface area (Å²) in [6.07, 6.45) is 0.569. The van der Waals surface area contributed by atoms with E-state index in [1.165, 1.54) is 0 Å². The van der Waals surface area contributed by atoms with E-state index in [0.29, 0.717) is 13.0 Å². The monoisotopic (exact) mass is 285 g/mol. The van der Waals surface area contributed by atoms with E-state index in [9.17, 15) is 0 Å². The lowest BCUT2D eigenvalue weighted by atomic mass is 10.0. The van der Waals surface area contributed by atoms with Gasteiger partial charge in [-0.1, -0.05) is 24.3 Å². The Bertz CT molecular complexity index is 614. The van der Waals surface area contributed by atoms with Gasteiger partial charge in [-0.05, 0) is 36.2 Å². The number of ether oxygens (including phenoxy) is 3. The van der Waals surface area contributed by atoms with Crippen LogP contribution >= 0.6 is 0 Å². The molecule has 3 rings (SSSR count). The van der Waals surface area contributed by atoms with E-state index in [1.54, 1.807) is 7.11 Å². The molecule has 110 valence electrons. The van der Waals surface area contributed by atoms with Crippen molar-refractivity contribution in [3.05, 3.63) is 54.1 Å². The first-order chi connectivity index (χ1) is 10.3. The molecule has 1 aliphatic rings. The van der Waals surface area contributed by atoms with E-state index in [4.69, 9.17) is 19.9 Å². The van der Waals surface area contributed by atoms with Gasteiger partial charge in [0.1, 0.15) is 18.5 Å². The molecule has 2 unspecified atom stereocenters. The maximum Gasteiger partial charge on any atom is 0.161 e. The van der Waals surface area contributed by atoms with Gasteiger partial charge < -0.3 is 19.9 Å². The molecular weight excluding hydrogens is 266 g/mol. The Hall–Kier alpha value is -2.20. The fraction of sp³-hybridized carbons (Fsp3) is 0.294. The summed E-state index contributed by atoms with van der Waals surface area (Å²) in [5.74, 6) is 2.38. The van der Waals surface area contributed by atoms with Crippen LogP contribution in [0.2, 0.25) is 0 Å². The molecule has 2 aromatic rings. The van der Waals surface area contributed by atoms with Crippen LogP contribution in [0.1, 0.15) is 5.56 Å². The van der Waals surface area contributed by atoms with Crippen LogP contribution in [-0.2, 0) is 6.42 Å². The van der Waals surface area contributed by atoms with Crippen molar-refractivity contribution in [2.45, 2.75) is 18.6 Å². The second-order valence-corrected chi connectivity index (χ2v) is 5.13. The summed E-state index contributed by atoms with van der Waals surface area (Å²) in [6.45, 7) is 0.474. The lowest BCUT2D eigenvalue weighted by molar-refractivity contribution is 0.0722. The quantitative estimate of drug-likeness (QED) is 0.937. The van der Waals surface area contributed by atoms with Crippen LogP contribution in [0.15, 0.2) is 48.5 Å². The Morgan fingerprint density at radius 3 is 2.81 bits per heavy atom. The van der Waals surface area contributed by atoms with Gasteiger partial charge in [-0.25, -0.2) is 0 Å². The molecule has 0 bridgehead atoms. The second kappa shape index (κ2) is 6.06. The molecule has 0 saturated heterocycles. The molecule has 2 N–H and O–H groups in total. The molecule has 2 atom stereocenters. The smallest absolute Gasteiger partial charge is 0.161 e. The minimum Gasteiger partial charge on any atom is -0.497 e. The maximum absolute atomic E-state index is 6.28. The van der Waals surface area contributed by atoms with Crippen LogP contribution in [0.4, 0.5) is 0 Å². The van der Waals surface area contributed by atoms with E-state index >= 15 is 0 Å². The Labute approximate surface area is 124 Å². The summed E-state index contributed by atoms with van der Waals surface area (Å²) in [5, 5.41) is 0. The number of hydrogen-bond donors (Lipinski definition) is 1. The Morgan fingerprint density at radius 2 is 2.00 bits per heavy atom. The highest BCUT2D eigenvalue weighted by atomic mass is 16.6. The second-order valence-electron chi connectivity index (χ2n) is 5.13.